The van der Waals surface area contributed by atoms with Crippen LogP contribution >= 0.6 is 0 Å². The Labute approximate surface area is 129 Å². The Kier molecular flexibility index (Phi) is 4.99. The molecule has 0 saturated heterocycles. The Balaban J connectivity index is 2.15. The molecule has 0 spiro atoms. The van der Waals surface area contributed by atoms with Crippen molar-refractivity contribution in [1.29, 1.82) is 0 Å². The van der Waals surface area contributed by atoms with Gasteiger partial charge in [0.1, 0.15) is 5.76 Å². The number of amides is 1. The molecule has 1 aromatic heterocycles. The minimum Gasteiger partial charge on any atom is -0.468 e. The summed E-state index contributed by atoms with van der Waals surface area (Å²) in [7, 11) is -3.71. The lowest BCUT2D eigenvalue weighted by Crippen LogP contribution is -2.30. The van der Waals surface area contributed by atoms with Crippen LogP contribution in [0, 0.1) is 0 Å². The van der Waals surface area contributed by atoms with Gasteiger partial charge in [-0.1, -0.05) is 6.07 Å². The van der Waals surface area contributed by atoms with Gasteiger partial charge in [-0.05, 0) is 44.2 Å². The third-order valence-corrected chi connectivity index (χ3v) is 4.24. The summed E-state index contributed by atoms with van der Waals surface area (Å²) in [6.07, 6.45) is 1.47. The molecule has 2 aromatic rings. The molecule has 0 radical (unpaired) electrons. The van der Waals surface area contributed by atoms with E-state index in [4.69, 9.17) is 4.42 Å². The average molecular weight is 322 g/mol. The first-order chi connectivity index (χ1) is 10.4. The molecule has 1 amide bonds. The second-order valence-corrected chi connectivity index (χ2v) is 6.83. The second kappa shape index (κ2) is 6.76. The van der Waals surface area contributed by atoms with E-state index in [2.05, 4.69) is 10.0 Å². The molecule has 2 rings (SSSR count). The summed E-state index contributed by atoms with van der Waals surface area (Å²) in [5.74, 6) is 0.204. The molecule has 1 aromatic carbocycles. The van der Waals surface area contributed by atoms with Crippen LogP contribution in [0.15, 0.2) is 52.0 Å². The number of sulfonamides is 1. The zero-order valence-electron chi connectivity index (χ0n) is 12.4. The number of furan rings is 1. The van der Waals surface area contributed by atoms with Crippen LogP contribution in [0.1, 0.15) is 30.0 Å². The van der Waals surface area contributed by atoms with Crippen molar-refractivity contribution < 1.29 is 17.6 Å². The largest absolute Gasteiger partial charge is 0.468 e. The topological polar surface area (TPSA) is 88.4 Å². The summed E-state index contributed by atoms with van der Waals surface area (Å²) < 4.78 is 32.0. The fourth-order valence-corrected chi connectivity index (χ4v) is 2.85. The van der Waals surface area contributed by atoms with Crippen molar-refractivity contribution in [3.8, 4) is 0 Å². The third-order valence-electron chi connectivity index (χ3n) is 2.84. The van der Waals surface area contributed by atoms with Crippen LogP contribution < -0.4 is 10.0 Å². The van der Waals surface area contributed by atoms with Crippen LogP contribution in [0.4, 0.5) is 0 Å². The van der Waals surface area contributed by atoms with Gasteiger partial charge < -0.3 is 9.73 Å². The summed E-state index contributed by atoms with van der Waals surface area (Å²) in [5, 5.41) is 2.72. The van der Waals surface area contributed by atoms with Crippen molar-refractivity contribution in [1.82, 2.24) is 10.0 Å². The van der Waals surface area contributed by atoms with Gasteiger partial charge in [0.15, 0.2) is 0 Å². The Hall–Kier alpha value is -2.12. The molecule has 0 unspecified atom stereocenters. The average Bonchev–Trinajstić information content (AvgIpc) is 2.98. The van der Waals surface area contributed by atoms with E-state index < -0.39 is 10.0 Å². The predicted octanol–water partition coefficient (Wildman–Crippen LogP) is 1.90. The summed E-state index contributed by atoms with van der Waals surface area (Å²) >= 11 is 0. The molecule has 0 saturated carbocycles. The number of hydrogen-bond donors (Lipinski definition) is 2. The molecule has 2 N–H and O–H groups in total. The lowest BCUT2D eigenvalue weighted by Gasteiger charge is -2.10. The lowest BCUT2D eigenvalue weighted by atomic mass is 10.2. The monoisotopic (exact) mass is 322 g/mol. The van der Waals surface area contributed by atoms with Crippen molar-refractivity contribution in [2.24, 2.45) is 0 Å². The number of carbonyl (C=O) groups is 1. The van der Waals surface area contributed by atoms with E-state index in [9.17, 15) is 13.2 Å². The number of hydrogen-bond acceptors (Lipinski definition) is 4. The smallest absolute Gasteiger partial charge is 0.251 e. The number of benzene rings is 1. The van der Waals surface area contributed by atoms with Gasteiger partial charge >= 0.3 is 0 Å². The highest BCUT2D eigenvalue weighted by molar-refractivity contribution is 7.89. The van der Waals surface area contributed by atoms with Gasteiger partial charge in [0.2, 0.25) is 10.0 Å². The molecule has 118 valence electrons. The van der Waals surface area contributed by atoms with Gasteiger partial charge in [-0.2, -0.15) is 0 Å². The molecule has 1 heterocycles. The Morgan fingerprint density at radius 1 is 1.23 bits per heavy atom. The molecular weight excluding hydrogens is 304 g/mol. The highest BCUT2D eigenvalue weighted by Gasteiger charge is 2.16. The predicted molar refractivity (Wildman–Crippen MR) is 81.8 cm³/mol. The maximum atomic E-state index is 12.2. The molecule has 0 atom stereocenters. The van der Waals surface area contributed by atoms with Crippen LogP contribution in [-0.2, 0) is 16.6 Å². The van der Waals surface area contributed by atoms with Crippen LogP contribution in [-0.4, -0.2) is 20.4 Å². The molecule has 7 heteroatoms. The number of rotatable bonds is 6. The van der Waals surface area contributed by atoms with Crippen molar-refractivity contribution >= 4 is 15.9 Å². The van der Waals surface area contributed by atoms with Gasteiger partial charge in [-0.15, -0.1) is 0 Å². The first-order valence-electron chi connectivity index (χ1n) is 6.81. The molecule has 0 fully saturated rings. The van der Waals surface area contributed by atoms with E-state index in [-0.39, 0.29) is 23.4 Å². The molecule has 6 nitrogen and oxygen atoms in total. The van der Waals surface area contributed by atoms with E-state index in [1.807, 2.05) is 13.8 Å². The van der Waals surface area contributed by atoms with Crippen molar-refractivity contribution in [2.45, 2.75) is 31.3 Å². The van der Waals surface area contributed by atoms with Crippen molar-refractivity contribution in [3.63, 3.8) is 0 Å². The van der Waals surface area contributed by atoms with E-state index >= 15 is 0 Å². The molecule has 0 bridgehead atoms. The summed E-state index contributed by atoms with van der Waals surface area (Å²) in [6.45, 7) is 3.73. The summed E-state index contributed by atoms with van der Waals surface area (Å²) in [6, 6.07) is 9.23. The molecule has 22 heavy (non-hydrogen) atoms. The maximum absolute atomic E-state index is 12.2. The second-order valence-electron chi connectivity index (χ2n) is 5.06. The molecule has 0 aliphatic rings. The standard InChI is InChI=1S/C15H18N2O4S/c1-11(2)17-15(18)12-5-3-7-14(9-12)22(19,20)16-10-13-6-4-8-21-13/h3-9,11,16H,10H2,1-2H3,(H,17,18). The lowest BCUT2D eigenvalue weighted by molar-refractivity contribution is 0.0943. The van der Waals surface area contributed by atoms with E-state index in [0.717, 1.165) is 0 Å². The molecular formula is C15H18N2O4S. The summed E-state index contributed by atoms with van der Waals surface area (Å²) in [4.78, 5) is 12.0. The van der Waals surface area contributed by atoms with E-state index in [1.165, 1.54) is 24.5 Å². The Bertz CT molecular complexity index is 737. The van der Waals surface area contributed by atoms with Gasteiger partial charge in [0.25, 0.3) is 5.91 Å². The van der Waals surface area contributed by atoms with Gasteiger partial charge in [0.05, 0.1) is 17.7 Å². The number of nitrogens with one attached hydrogen (secondary N) is 2. The molecule has 0 aliphatic carbocycles. The SMILES string of the molecule is CC(C)NC(=O)c1cccc(S(=O)(=O)NCc2ccco2)c1. The zero-order chi connectivity index (χ0) is 16.2. The minimum atomic E-state index is -3.71. The highest BCUT2D eigenvalue weighted by Crippen LogP contribution is 2.12. The van der Waals surface area contributed by atoms with Gasteiger partial charge in [-0.3, -0.25) is 4.79 Å². The maximum Gasteiger partial charge on any atom is 0.251 e. The minimum absolute atomic E-state index is 0.0233. The highest BCUT2D eigenvalue weighted by atomic mass is 32.2. The fraction of sp³-hybridized carbons (Fsp3) is 0.267. The molecule has 0 aliphatic heterocycles. The van der Waals surface area contributed by atoms with Crippen LogP contribution in [0.25, 0.3) is 0 Å². The third kappa shape index (κ3) is 4.19. The number of carbonyl (C=O) groups excluding carboxylic acids is 1. The summed E-state index contributed by atoms with van der Waals surface area (Å²) in [5.41, 5.74) is 0.301. The normalized spacial score (nSPS) is 11.6. The van der Waals surface area contributed by atoms with Crippen LogP contribution in [0.3, 0.4) is 0 Å². The van der Waals surface area contributed by atoms with Crippen LogP contribution in [0.2, 0.25) is 0 Å². The first-order valence-corrected chi connectivity index (χ1v) is 8.30. The Morgan fingerprint density at radius 3 is 2.64 bits per heavy atom. The van der Waals surface area contributed by atoms with E-state index in [0.29, 0.717) is 11.3 Å². The van der Waals surface area contributed by atoms with Crippen molar-refractivity contribution in [3.05, 3.63) is 54.0 Å². The van der Waals surface area contributed by atoms with Gasteiger partial charge in [0, 0.05) is 11.6 Å². The quantitative estimate of drug-likeness (QED) is 0.850. The fourth-order valence-electron chi connectivity index (χ4n) is 1.81. The Morgan fingerprint density at radius 2 is 2.00 bits per heavy atom. The van der Waals surface area contributed by atoms with Crippen LogP contribution in [0.5, 0.6) is 0 Å². The van der Waals surface area contributed by atoms with Crippen molar-refractivity contribution in [2.75, 3.05) is 0 Å². The van der Waals surface area contributed by atoms with E-state index in [1.54, 1.807) is 18.2 Å². The van der Waals surface area contributed by atoms with Gasteiger partial charge in [-0.25, -0.2) is 13.1 Å². The zero-order valence-corrected chi connectivity index (χ0v) is 13.2. The first kappa shape index (κ1) is 16.3.